The van der Waals surface area contributed by atoms with E-state index >= 15 is 0 Å². The van der Waals surface area contributed by atoms with Crippen LogP contribution in [-0.2, 0) is 14.1 Å². The minimum Gasteiger partial charge on any atom is -0.496 e. The lowest BCUT2D eigenvalue weighted by atomic mass is 10.1. The van der Waals surface area contributed by atoms with Gasteiger partial charge in [-0.1, -0.05) is 17.7 Å². The number of ether oxygens (including phenoxy) is 1. The van der Waals surface area contributed by atoms with E-state index in [1.54, 1.807) is 51.0 Å². The van der Waals surface area contributed by atoms with Crippen LogP contribution in [0.4, 0.5) is 0 Å². The first-order valence-corrected chi connectivity index (χ1v) is 9.46. The van der Waals surface area contributed by atoms with E-state index in [0.717, 1.165) is 22.2 Å². The van der Waals surface area contributed by atoms with Crippen LogP contribution in [0.2, 0.25) is 5.02 Å². The molecule has 2 aromatic carbocycles. The number of aryl methyl sites for hydroxylation is 2. The molecule has 0 fully saturated rings. The molecule has 8 nitrogen and oxygen atoms in total. The van der Waals surface area contributed by atoms with E-state index in [4.69, 9.17) is 16.3 Å². The van der Waals surface area contributed by atoms with Crippen molar-refractivity contribution in [2.45, 2.75) is 0 Å². The lowest BCUT2D eigenvalue weighted by Gasteiger charge is -2.06. The first-order chi connectivity index (χ1) is 14.5. The molecule has 2 heterocycles. The SMILES string of the molecule is COc1cc(Cl)ccc1-c1cc(C(=O)N/N=C/c2ccc3c(c2)ncn3C)n(C)n1. The minimum absolute atomic E-state index is 0.360. The van der Waals surface area contributed by atoms with Crippen LogP contribution in [0.25, 0.3) is 22.3 Å². The Hall–Kier alpha value is -3.65. The van der Waals surface area contributed by atoms with Gasteiger partial charge >= 0.3 is 0 Å². The Bertz CT molecular complexity index is 1270. The Morgan fingerprint density at radius 2 is 2.03 bits per heavy atom. The summed E-state index contributed by atoms with van der Waals surface area (Å²) in [6.45, 7) is 0. The number of imidazole rings is 1. The minimum atomic E-state index is -0.376. The highest BCUT2D eigenvalue weighted by Crippen LogP contribution is 2.31. The Morgan fingerprint density at radius 3 is 2.83 bits per heavy atom. The van der Waals surface area contributed by atoms with Gasteiger partial charge in [-0.05, 0) is 42.0 Å². The summed E-state index contributed by atoms with van der Waals surface area (Å²) >= 11 is 6.02. The zero-order valence-electron chi connectivity index (χ0n) is 16.6. The molecule has 30 heavy (non-hydrogen) atoms. The summed E-state index contributed by atoms with van der Waals surface area (Å²) in [4.78, 5) is 16.9. The van der Waals surface area contributed by atoms with Gasteiger partial charge in [-0.2, -0.15) is 10.2 Å². The summed E-state index contributed by atoms with van der Waals surface area (Å²) in [6, 6.07) is 12.7. The number of halogens is 1. The van der Waals surface area contributed by atoms with Crippen LogP contribution in [0.3, 0.4) is 0 Å². The molecule has 4 rings (SSSR count). The molecular weight excluding hydrogens is 404 g/mol. The maximum atomic E-state index is 12.6. The lowest BCUT2D eigenvalue weighted by Crippen LogP contribution is -2.20. The van der Waals surface area contributed by atoms with Crippen molar-refractivity contribution >= 4 is 34.8 Å². The monoisotopic (exact) mass is 422 g/mol. The van der Waals surface area contributed by atoms with Crippen LogP contribution in [0.15, 0.2) is 53.9 Å². The molecule has 0 aliphatic carbocycles. The number of carbonyl (C=O) groups excluding carboxylic acids is 1. The molecule has 0 aliphatic rings. The second-order valence-corrected chi connectivity index (χ2v) is 7.12. The number of nitrogens with one attached hydrogen (secondary N) is 1. The predicted molar refractivity (Wildman–Crippen MR) is 116 cm³/mol. The highest BCUT2D eigenvalue weighted by molar-refractivity contribution is 6.30. The first-order valence-electron chi connectivity index (χ1n) is 9.08. The Balaban J connectivity index is 1.51. The largest absolute Gasteiger partial charge is 0.496 e. The summed E-state index contributed by atoms with van der Waals surface area (Å²) in [5, 5.41) is 9.03. The van der Waals surface area contributed by atoms with Crippen LogP contribution in [0, 0.1) is 0 Å². The smallest absolute Gasteiger partial charge is 0.289 e. The van der Waals surface area contributed by atoms with Gasteiger partial charge in [-0.15, -0.1) is 0 Å². The summed E-state index contributed by atoms with van der Waals surface area (Å²) in [5.41, 5.74) is 6.95. The fraction of sp³-hybridized carbons (Fsp3) is 0.143. The average molecular weight is 423 g/mol. The van der Waals surface area contributed by atoms with Gasteiger partial charge in [0, 0.05) is 24.7 Å². The molecule has 0 saturated heterocycles. The zero-order chi connectivity index (χ0) is 21.3. The third kappa shape index (κ3) is 3.77. The van der Waals surface area contributed by atoms with E-state index in [1.807, 2.05) is 29.8 Å². The normalized spacial score (nSPS) is 11.3. The van der Waals surface area contributed by atoms with Crippen molar-refractivity contribution in [1.82, 2.24) is 24.8 Å². The number of methoxy groups -OCH3 is 1. The molecule has 2 aromatic heterocycles. The van der Waals surface area contributed by atoms with E-state index in [1.165, 1.54) is 4.68 Å². The molecule has 9 heteroatoms. The maximum Gasteiger partial charge on any atom is 0.289 e. The number of benzene rings is 2. The average Bonchev–Trinajstić information content (AvgIpc) is 3.30. The number of carbonyl (C=O) groups is 1. The van der Waals surface area contributed by atoms with Crippen molar-refractivity contribution in [2.75, 3.05) is 7.11 Å². The highest BCUT2D eigenvalue weighted by Gasteiger charge is 2.16. The maximum absolute atomic E-state index is 12.6. The van der Waals surface area contributed by atoms with Crippen molar-refractivity contribution in [3.8, 4) is 17.0 Å². The van der Waals surface area contributed by atoms with Crippen LogP contribution in [-0.4, -0.2) is 38.6 Å². The quantitative estimate of drug-likeness (QED) is 0.394. The molecule has 0 radical (unpaired) electrons. The summed E-state index contributed by atoms with van der Waals surface area (Å²) < 4.78 is 8.80. The standard InChI is InChI=1S/C21H19ClN6O2/c1-27-12-23-17-8-13(4-7-18(17)27)11-24-25-21(29)19-10-16(26-28(19)2)15-6-5-14(22)9-20(15)30-3/h4-12H,1-3H3,(H,25,29)/b24-11+. The predicted octanol–water partition coefficient (Wildman–Crippen LogP) is 3.40. The molecule has 0 unspecified atom stereocenters. The zero-order valence-corrected chi connectivity index (χ0v) is 17.4. The second kappa shape index (κ2) is 8.00. The van der Waals surface area contributed by atoms with Gasteiger partial charge in [0.25, 0.3) is 5.91 Å². The molecule has 0 bridgehead atoms. The summed E-state index contributed by atoms with van der Waals surface area (Å²) in [6.07, 6.45) is 3.33. The lowest BCUT2D eigenvalue weighted by molar-refractivity contribution is 0.0945. The third-order valence-electron chi connectivity index (χ3n) is 4.68. The fourth-order valence-corrected chi connectivity index (χ4v) is 3.31. The molecule has 152 valence electrons. The molecule has 1 N–H and O–H groups in total. The van der Waals surface area contributed by atoms with Crippen molar-refractivity contribution in [3.05, 3.63) is 65.1 Å². The van der Waals surface area contributed by atoms with Gasteiger partial charge in [-0.3, -0.25) is 9.48 Å². The van der Waals surface area contributed by atoms with Crippen LogP contribution >= 0.6 is 11.6 Å². The van der Waals surface area contributed by atoms with E-state index in [2.05, 4.69) is 20.6 Å². The molecule has 4 aromatic rings. The molecule has 0 aliphatic heterocycles. The van der Waals surface area contributed by atoms with Gasteiger partial charge in [0.15, 0.2) is 0 Å². The number of rotatable bonds is 5. The molecular formula is C21H19ClN6O2. The van der Waals surface area contributed by atoms with E-state index in [-0.39, 0.29) is 5.91 Å². The number of aromatic nitrogens is 4. The van der Waals surface area contributed by atoms with Crippen molar-refractivity contribution in [2.24, 2.45) is 19.2 Å². The number of nitrogens with zero attached hydrogens (tertiary/aromatic N) is 5. The van der Waals surface area contributed by atoms with Gasteiger partial charge in [-0.25, -0.2) is 10.4 Å². The summed E-state index contributed by atoms with van der Waals surface area (Å²) in [7, 11) is 5.19. The number of amides is 1. The van der Waals surface area contributed by atoms with Gasteiger partial charge in [0.1, 0.15) is 11.4 Å². The Morgan fingerprint density at radius 1 is 1.20 bits per heavy atom. The van der Waals surface area contributed by atoms with E-state index < -0.39 is 0 Å². The molecule has 0 saturated carbocycles. The van der Waals surface area contributed by atoms with Gasteiger partial charge in [0.2, 0.25) is 0 Å². The van der Waals surface area contributed by atoms with Crippen LogP contribution < -0.4 is 10.2 Å². The third-order valence-corrected chi connectivity index (χ3v) is 4.92. The Labute approximate surface area is 177 Å². The highest BCUT2D eigenvalue weighted by atomic mass is 35.5. The van der Waals surface area contributed by atoms with Gasteiger partial charge in [0.05, 0.1) is 36.4 Å². The van der Waals surface area contributed by atoms with Crippen molar-refractivity contribution in [1.29, 1.82) is 0 Å². The molecule has 0 spiro atoms. The van der Waals surface area contributed by atoms with Crippen LogP contribution in [0.5, 0.6) is 5.75 Å². The van der Waals surface area contributed by atoms with Crippen molar-refractivity contribution in [3.63, 3.8) is 0 Å². The fourth-order valence-electron chi connectivity index (χ4n) is 3.14. The Kier molecular flexibility index (Phi) is 5.24. The van der Waals surface area contributed by atoms with Crippen LogP contribution in [0.1, 0.15) is 16.1 Å². The van der Waals surface area contributed by atoms with E-state index in [9.17, 15) is 4.79 Å². The van der Waals surface area contributed by atoms with Crippen molar-refractivity contribution < 1.29 is 9.53 Å². The molecule has 0 atom stereocenters. The number of hydrazone groups is 1. The first kappa shape index (κ1) is 19.7. The topological polar surface area (TPSA) is 86.3 Å². The second-order valence-electron chi connectivity index (χ2n) is 6.69. The number of hydrogen-bond donors (Lipinski definition) is 1. The van der Waals surface area contributed by atoms with E-state index in [0.29, 0.717) is 22.2 Å². The molecule has 1 amide bonds. The number of fused-ring (bicyclic) bond motifs is 1. The number of hydrogen-bond acceptors (Lipinski definition) is 5. The van der Waals surface area contributed by atoms with Gasteiger partial charge < -0.3 is 9.30 Å². The summed E-state index contributed by atoms with van der Waals surface area (Å²) in [5.74, 6) is 0.204.